The molecule has 2 aliphatic heterocycles. The summed E-state index contributed by atoms with van der Waals surface area (Å²) in [6.07, 6.45) is -4.85. The lowest BCUT2D eigenvalue weighted by Gasteiger charge is -2.31. The van der Waals surface area contributed by atoms with Crippen molar-refractivity contribution in [2.45, 2.75) is 28.9 Å². The maximum absolute atomic E-state index is 14.0. The van der Waals surface area contributed by atoms with Crippen LogP contribution in [0.25, 0.3) is 0 Å². The number of aromatic hydroxyl groups is 1. The number of rotatable bonds is 5. The van der Waals surface area contributed by atoms with Gasteiger partial charge in [-0.15, -0.1) is 0 Å². The standard InChI is InChI=1S/C29H18Cl2F3N3O5S2/c30-17-6-3-4-15(22(17)31)20-21-23(26(41)37(25(21)40)18-7-2-1-5-16(18)29(32,33)34)43-27-24(20)44-28(42)36(27)12-19(39)35-13-8-10-14(38)11-9-13/h1-11,20-21,23,38H,12H2,(H,35,39)/t20-,21?,23?/m1/s1. The summed E-state index contributed by atoms with van der Waals surface area (Å²) in [6.45, 7) is -0.464. The van der Waals surface area contributed by atoms with Crippen LogP contribution in [-0.2, 0) is 27.1 Å². The van der Waals surface area contributed by atoms with E-state index in [0.29, 0.717) is 21.0 Å². The van der Waals surface area contributed by atoms with Crippen LogP contribution < -0.4 is 15.1 Å². The van der Waals surface area contributed by atoms with Gasteiger partial charge in [-0.25, -0.2) is 4.90 Å². The second-order valence-electron chi connectivity index (χ2n) is 9.93. The van der Waals surface area contributed by atoms with Crippen LogP contribution in [0.3, 0.4) is 0 Å². The van der Waals surface area contributed by atoms with Gasteiger partial charge in [0, 0.05) is 16.5 Å². The van der Waals surface area contributed by atoms with Crippen molar-refractivity contribution in [3.05, 3.63) is 102 Å². The highest BCUT2D eigenvalue weighted by Crippen LogP contribution is 2.55. The van der Waals surface area contributed by atoms with Gasteiger partial charge in [-0.2, -0.15) is 13.2 Å². The van der Waals surface area contributed by atoms with Crippen LogP contribution in [0.4, 0.5) is 24.5 Å². The topological polar surface area (TPSA) is 109 Å². The lowest BCUT2D eigenvalue weighted by Crippen LogP contribution is -2.33. The van der Waals surface area contributed by atoms with E-state index < -0.39 is 63.7 Å². The molecule has 1 aromatic heterocycles. The van der Waals surface area contributed by atoms with Gasteiger partial charge in [0.25, 0.3) is 0 Å². The molecule has 0 spiro atoms. The molecule has 0 aliphatic carbocycles. The minimum Gasteiger partial charge on any atom is -0.508 e. The zero-order valence-electron chi connectivity index (χ0n) is 22.0. The minimum atomic E-state index is -4.85. The summed E-state index contributed by atoms with van der Waals surface area (Å²) in [7, 11) is 0. The van der Waals surface area contributed by atoms with Crippen molar-refractivity contribution in [3.63, 3.8) is 0 Å². The third kappa shape index (κ3) is 5.17. The van der Waals surface area contributed by atoms with Crippen LogP contribution in [0.5, 0.6) is 5.75 Å². The third-order valence-corrected chi connectivity index (χ3v) is 10.7. The van der Waals surface area contributed by atoms with Crippen LogP contribution in [0.1, 0.15) is 21.9 Å². The molecule has 2 unspecified atom stereocenters. The molecule has 0 radical (unpaired) electrons. The largest absolute Gasteiger partial charge is 0.508 e. The van der Waals surface area contributed by atoms with Crippen molar-refractivity contribution in [2.75, 3.05) is 10.2 Å². The van der Waals surface area contributed by atoms with E-state index in [4.69, 9.17) is 23.2 Å². The number of benzene rings is 3. The number of phenols is 1. The zero-order chi connectivity index (χ0) is 31.5. The molecule has 15 heteroatoms. The van der Waals surface area contributed by atoms with Crippen molar-refractivity contribution >= 4 is 75.4 Å². The predicted molar refractivity (Wildman–Crippen MR) is 161 cm³/mol. The van der Waals surface area contributed by atoms with E-state index in [1.807, 2.05) is 0 Å². The quantitative estimate of drug-likeness (QED) is 0.187. The first-order chi connectivity index (χ1) is 20.9. The number of halogens is 5. The Morgan fingerprint density at radius 2 is 1.66 bits per heavy atom. The Morgan fingerprint density at radius 1 is 0.955 bits per heavy atom. The number of amides is 3. The van der Waals surface area contributed by atoms with Crippen LogP contribution in [0.2, 0.25) is 10.0 Å². The van der Waals surface area contributed by atoms with Gasteiger partial charge in [-0.05, 0) is 48.0 Å². The monoisotopic (exact) mass is 679 g/mol. The average molecular weight is 681 g/mol. The number of thioether (sulfide) groups is 1. The van der Waals surface area contributed by atoms with E-state index in [2.05, 4.69) is 5.32 Å². The van der Waals surface area contributed by atoms with Crippen molar-refractivity contribution in [2.24, 2.45) is 5.92 Å². The summed E-state index contributed by atoms with van der Waals surface area (Å²) in [6, 6.07) is 14.6. The number of thiazole rings is 1. The predicted octanol–water partition coefficient (Wildman–Crippen LogP) is 6.38. The molecule has 3 heterocycles. The number of aromatic nitrogens is 1. The van der Waals surface area contributed by atoms with Crippen LogP contribution >= 0.6 is 46.3 Å². The molecule has 8 nitrogen and oxygen atoms in total. The number of hydrogen-bond donors (Lipinski definition) is 2. The molecule has 3 amide bonds. The number of alkyl halides is 3. The fourth-order valence-corrected chi connectivity index (χ4v) is 8.58. The van der Waals surface area contributed by atoms with Gasteiger partial charge >= 0.3 is 11.0 Å². The average Bonchev–Trinajstić information content (AvgIpc) is 3.41. The Balaban J connectivity index is 1.46. The summed E-state index contributed by atoms with van der Waals surface area (Å²) in [5.41, 5.74) is -1.09. The van der Waals surface area contributed by atoms with Gasteiger partial charge in [0.1, 0.15) is 17.5 Å². The molecular formula is C29H18Cl2F3N3O5S2. The molecule has 3 aromatic carbocycles. The first-order valence-corrected chi connectivity index (χ1v) is 15.3. The van der Waals surface area contributed by atoms with Gasteiger partial charge in [0.05, 0.1) is 32.2 Å². The summed E-state index contributed by atoms with van der Waals surface area (Å²) in [5, 5.41) is 11.3. The van der Waals surface area contributed by atoms with Gasteiger partial charge in [-0.1, -0.05) is 70.6 Å². The van der Waals surface area contributed by atoms with E-state index in [-0.39, 0.29) is 20.8 Å². The lowest BCUT2D eigenvalue weighted by molar-refractivity contribution is -0.137. The van der Waals surface area contributed by atoms with Crippen molar-refractivity contribution in [3.8, 4) is 5.75 Å². The Labute approximate surface area is 265 Å². The number of fused-ring (bicyclic) bond motifs is 2. The molecule has 6 rings (SSSR count). The fraction of sp³-hybridized carbons (Fsp3) is 0.172. The SMILES string of the molecule is O=C(Cn1c2c(sc1=O)[C@H](c1cccc(Cl)c1Cl)C1C(=O)N(c3ccccc3C(F)(F)F)C(=O)C1S2)Nc1ccc(O)cc1. The fourth-order valence-electron chi connectivity index (χ4n) is 5.39. The maximum Gasteiger partial charge on any atom is 0.418 e. The zero-order valence-corrected chi connectivity index (χ0v) is 25.1. The van der Waals surface area contributed by atoms with E-state index in [0.717, 1.165) is 45.9 Å². The number of carbonyl (C=O) groups is 3. The molecule has 1 fully saturated rings. The van der Waals surface area contributed by atoms with Gasteiger partial charge < -0.3 is 10.4 Å². The first kappa shape index (κ1) is 30.3. The van der Waals surface area contributed by atoms with Crippen molar-refractivity contribution < 1.29 is 32.7 Å². The smallest absolute Gasteiger partial charge is 0.418 e. The molecule has 2 N–H and O–H groups in total. The number of nitrogens with zero attached hydrogens (tertiary/aromatic N) is 2. The highest BCUT2D eigenvalue weighted by molar-refractivity contribution is 8.00. The minimum absolute atomic E-state index is 0.00882. The van der Waals surface area contributed by atoms with E-state index in [1.165, 1.54) is 36.4 Å². The second kappa shape index (κ2) is 11.3. The van der Waals surface area contributed by atoms with E-state index >= 15 is 0 Å². The molecule has 226 valence electrons. The van der Waals surface area contributed by atoms with Crippen molar-refractivity contribution in [1.82, 2.24) is 4.57 Å². The molecular weight excluding hydrogens is 662 g/mol. The van der Waals surface area contributed by atoms with Gasteiger partial charge in [-0.3, -0.25) is 23.7 Å². The highest BCUT2D eigenvalue weighted by atomic mass is 35.5. The normalized spacial score (nSPS) is 19.6. The summed E-state index contributed by atoms with van der Waals surface area (Å²) in [4.78, 5) is 54.4. The van der Waals surface area contributed by atoms with Crippen molar-refractivity contribution in [1.29, 1.82) is 0 Å². The first-order valence-electron chi connectivity index (χ1n) is 12.8. The maximum atomic E-state index is 14.0. The van der Waals surface area contributed by atoms with E-state index in [1.54, 1.807) is 12.1 Å². The molecule has 3 atom stereocenters. The summed E-state index contributed by atoms with van der Waals surface area (Å²) >= 11 is 14.5. The summed E-state index contributed by atoms with van der Waals surface area (Å²) < 4.78 is 43.0. The molecule has 0 saturated carbocycles. The Kier molecular flexibility index (Phi) is 7.77. The number of imide groups is 1. The number of hydrogen-bond acceptors (Lipinski definition) is 7. The third-order valence-electron chi connectivity index (χ3n) is 7.27. The number of anilines is 2. The number of carbonyl (C=O) groups excluding carboxylic acids is 3. The Bertz CT molecular complexity index is 1890. The number of para-hydroxylation sites is 1. The highest BCUT2D eigenvalue weighted by Gasteiger charge is 2.58. The molecule has 44 heavy (non-hydrogen) atoms. The van der Waals surface area contributed by atoms with Crippen LogP contribution in [0.15, 0.2) is 76.6 Å². The molecule has 4 aromatic rings. The second-order valence-corrected chi connectivity index (χ2v) is 12.8. The number of phenolic OH excluding ortho intramolecular Hbond substituents is 1. The Morgan fingerprint density at radius 3 is 2.36 bits per heavy atom. The number of nitrogens with one attached hydrogen (secondary N) is 1. The van der Waals surface area contributed by atoms with Crippen LogP contribution in [0, 0.1) is 5.92 Å². The lowest BCUT2D eigenvalue weighted by atomic mass is 9.83. The molecule has 1 saturated heterocycles. The van der Waals surface area contributed by atoms with Crippen LogP contribution in [-0.4, -0.2) is 32.6 Å². The summed E-state index contributed by atoms with van der Waals surface area (Å²) in [5.74, 6) is -4.63. The Hall–Kier alpha value is -3.78. The van der Waals surface area contributed by atoms with Gasteiger partial charge in [0.15, 0.2) is 0 Å². The molecule has 0 bridgehead atoms. The molecule has 2 aliphatic rings. The van der Waals surface area contributed by atoms with E-state index in [9.17, 15) is 37.5 Å². The van der Waals surface area contributed by atoms with Gasteiger partial charge in [0.2, 0.25) is 17.7 Å².